The second-order valence-corrected chi connectivity index (χ2v) is 4.31. The highest BCUT2D eigenvalue weighted by Crippen LogP contribution is 2.28. The van der Waals surface area contributed by atoms with Gasteiger partial charge in [0.25, 0.3) is 0 Å². The minimum atomic E-state index is -4.23. The first-order chi connectivity index (χ1) is 8.29. The maximum Gasteiger partial charge on any atom is 0.389 e. The highest BCUT2D eigenvalue weighted by molar-refractivity contribution is 5.76. The zero-order valence-corrected chi connectivity index (χ0v) is 10.00. The van der Waals surface area contributed by atoms with Gasteiger partial charge >= 0.3 is 12.1 Å². The largest absolute Gasteiger partial charge is 0.481 e. The molecular weight excluding hydrogens is 245 g/mol. The fourth-order valence-electron chi connectivity index (χ4n) is 1.83. The Morgan fingerprint density at radius 2 is 2.06 bits per heavy atom. The quantitative estimate of drug-likeness (QED) is 0.871. The van der Waals surface area contributed by atoms with E-state index in [-0.39, 0.29) is 12.8 Å². The summed E-state index contributed by atoms with van der Waals surface area (Å²) in [6, 6.07) is 6.87. The molecular formula is C13H15F3O2. The summed E-state index contributed by atoms with van der Waals surface area (Å²) >= 11 is 0. The van der Waals surface area contributed by atoms with Crippen LogP contribution in [0.4, 0.5) is 13.2 Å². The molecule has 1 N–H and O–H groups in total. The Morgan fingerprint density at radius 3 is 2.56 bits per heavy atom. The van der Waals surface area contributed by atoms with Crippen molar-refractivity contribution in [2.24, 2.45) is 0 Å². The highest BCUT2D eigenvalue weighted by atomic mass is 19.4. The van der Waals surface area contributed by atoms with Crippen molar-refractivity contribution >= 4 is 5.97 Å². The summed E-state index contributed by atoms with van der Waals surface area (Å²) in [4.78, 5) is 11.1. The summed E-state index contributed by atoms with van der Waals surface area (Å²) in [5.41, 5.74) is 1.46. The molecule has 1 aromatic rings. The molecule has 1 aromatic carbocycles. The number of carbonyl (C=O) groups is 1. The molecule has 0 fully saturated rings. The first-order valence-corrected chi connectivity index (χ1v) is 5.66. The van der Waals surface area contributed by atoms with Gasteiger partial charge in [-0.1, -0.05) is 29.8 Å². The molecule has 5 heteroatoms. The van der Waals surface area contributed by atoms with Crippen LogP contribution in [0, 0.1) is 6.92 Å². The van der Waals surface area contributed by atoms with Crippen LogP contribution >= 0.6 is 0 Å². The molecule has 0 spiro atoms. The molecule has 0 aliphatic rings. The van der Waals surface area contributed by atoms with E-state index in [1.807, 2.05) is 13.0 Å². The van der Waals surface area contributed by atoms with Crippen molar-refractivity contribution in [1.29, 1.82) is 0 Å². The van der Waals surface area contributed by atoms with Gasteiger partial charge in [0, 0.05) is 6.42 Å². The molecule has 100 valence electrons. The van der Waals surface area contributed by atoms with Gasteiger partial charge in [-0.25, -0.2) is 0 Å². The standard InChI is InChI=1S/C13H15F3O2/c1-9-4-2-5-10(8-9)11(12(17)18)6-3-7-13(14,15)16/h2,4-5,8,11H,3,6-7H2,1H3,(H,17,18). The van der Waals surface area contributed by atoms with Crippen LogP contribution in [0.25, 0.3) is 0 Å². The van der Waals surface area contributed by atoms with E-state index >= 15 is 0 Å². The first-order valence-electron chi connectivity index (χ1n) is 5.66. The van der Waals surface area contributed by atoms with E-state index in [1.54, 1.807) is 18.2 Å². The number of halogens is 3. The molecule has 0 saturated heterocycles. The van der Waals surface area contributed by atoms with E-state index in [1.165, 1.54) is 0 Å². The number of benzene rings is 1. The summed E-state index contributed by atoms with van der Waals surface area (Å²) in [5, 5.41) is 9.07. The van der Waals surface area contributed by atoms with Gasteiger partial charge in [0.15, 0.2) is 0 Å². The fraction of sp³-hybridized carbons (Fsp3) is 0.462. The van der Waals surface area contributed by atoms with Gasteiger partial charge in [-0.3, -0.25) is 4.79 Å². The predicted molar refractivity (Wildman–Crippen MR) is 61.5 cm³/mol. The fourth-order valence-corrected chi connectivity index (χ4v) is 1.83. The number of aryl methyl sites for hydroxylation is 1. The lowest BCUT2D eigenvalue weighted by atomic mass is 9.92. The molecule has 1 unspecified atom stereocenters. The third kappa shape index (κ3) is 4.77. The molecule has 0 aliphatic heterocycles. The monoisotopic (exact) mass is 260 g/mol. The Bertz CT molecular complexity index is 413. The van der Waals surface area contributed by atoms with E-state index in [2.05, 4.69) is 0 Å². The summed E-state index contributed by atoms with van der Waals surface area (Å²) in [5.74, 6) is -1.95. The number of hydrogen-bond acceptors (Lipinski definition) is 1. The third-order valence-electron chi connectivity index (χ3n) is 2.70. The van der Waals surface area contributed by atoms with Crippen LogP contribution in [-0.2, 0) is 4.79 Å². The number of alkyl halides is 3. The van der Waals surface area contributed by atoms with E-state index < -0.39 is 24.5 Å². The molecule has 0 heterocycles. The number of aliphatic carboxylic acids is 1. The second-order valence-electron chi connectivity index (χ2n) is 4.31. The van der Waals surface area contributed by atoms with Crippen molar-refractivity contribution in [3.63, 3.8) is 0 Å². The van der Waals surface area contributed by atoms with Crippen molar-refractivity contribution in [3.8, 4) is 0 Å². The topological polar surface area (TPSA) is 37.3 Å². The van der Waals surface area contributed by atoms with E-state index in [4.69, 9.17) is 5.11 Å². The molecule has 0 aliphatic carbocycles. The van der Waals surface area contributed by atoms with Gasteiger partial charge in [-0.15, -0.1) is 0 Å². The summed E-state index contributed by atoms with van der Waals surface area (Å²) in [6.07, 6.45) is -5.34. The van der Waals surface area contributed by atoms with Crippen LogP contribution < -0.4 is 0 Å². The Morgan fingerprint density at radius 1 is 1.39 bits per heavy atom. The van der Waals surface area contributed by atoms with Gasteiger partial charge in [0.1, 0.15) is 0 Å². The van der Waals surface area contributed by atoms with Crippen LogP contribution in [0.2, 0.25) is 0 Å². The van der Waals surface area contributed by atoms with Crippen LogP contribution in [0.5, 0.6) is 0 Å². The Labute approximate surface area is 103 Å². The zero-order valence-electron chi connectivity index (χ0n) is 10.00. The summed E-state index contributed by atoms with van der Waals surface area (Å²) in [7, 11) is 0. The number of hydrogen-bond donors (Lipinski definition) is 1. The Hall–Kier alpha value is -1.52. The van der Waals surface area contributed by atoms with E-state index in [0.29, 0.717) is 5.56 Å². The molecule has 18 heavy (non-hydrogen) atoms. The van der Waals surface area contributed by atoms with Gasteiger partial charge < -0.3 is 5.11 Å². The maximum absolute atomic E-state index is 12.0. The molecule has 0 bridgehead atoms. The average molecular weight is 260 g/mol. The average Bonchev–Trinajstić information content (AvgIpc) is 2.22. The van der Waals surface area contributed by atoms with Gasteiger partial charge in [0.2, 0.25) is 0 Å². The number of rotatable bonds is 5. The van der Waals surface area contributed by atoms with Crippen LogP contribution in [-0.4, -0.2) is 17.3 Å². The van der Waals surface area contributed by atoms with Gasteiger partial charge in [-0.2, -0.15) is 13.2 Å². The maximum atomic E-state index is 12.0. The normalized spacial score (nSPS) is 13.3. The zero-order chi connectivity index (χ0) is 13.8. The van der Waals surface area contributed by atoms with E-state index in [0.717, 1.165) is 5.56 Å². The van der Waals surface area contributed by atoms with Crippen molar-refractivity contribution in [3.05, 3.63) is 35.4 Å². The lowest BCUT2D eigenvalue weighted by Crippen LogP contribution is -2.14. The number of carboxylic acid groups (broad SMARTS) is 1. The van der Waals surface area contributed by atoms with Gasteiger partial charge in [0.05, 0.1) is 5.92 Å². The predicted octanol–water partition coefficient (Wildman–Crippen LogP) is 3.90. The van der Waals surface area contributed by atoms with Crippen LogP contribution in [0.1, 0.15) is 36.3 Å². The molecule has 1 rings (SSSR count). The van der Waals surface area contributed by atoms with Gasteiger partial charge in [-0.05, 0) is 25.3 Å². The summed E-state index contributed by atoms with van der Waals surface area (Å²) < 4.78 is 36.1. The van der Waals surface area contributed by atoms with Crippen molar-refractivity contribution in [2.75, 3.05) is 0 Å². The molecule has 1 atom stereocenters. The van der Waals surface area contributed by atoms with Crippen molar-refractivity contribution < 1.29 is 23.1 Å². The Balaban J connectivity index is 2.69. The minimum absolute atomic E-state index is 0.00169. The second kappa shape index (κ2) is 5.89. The molecule has 2 nitrogen and oxygen atoms in total. The van der Waals surface area contributed by atoms with E-state index in [9.17, 15) is 18.0 Å². The van der Waals surface area contributed by atoms with Crippen molar-refractivity contribution in [1.82, 2.24) is 0 Å². The molecule has 0 aromatic heterocycles. The lowest BCUT2D eigenvalue weighted by Gasteiger charge is -2.14. The van der Waals surface area contributed by atoms with Crippen molar-refractivity contribution in [2.45, 2.75) is 38.3 Å². The Kier molecular flexibility index (Phi) is 4.76. The van der Waals surface area contributed by atoms with Crippen LogP contribution in [0.15, 0.2) is 24.3 Å². The molecule has 0 radical (unpaired) electrons. The lowest BCUT2D eigenvalue weighted by molar-refractivity contribution is -0.142. The summed E-state index contributed by atoms with van der Waals surface area (Å²) in [6.45, 7) is 1.82. The highest BCUT2D eigenvalue weighted by Gasteiger charge is 2.28. The molecule has 0 amide bonds. The molecule has 0 saturated carbocycles. The smallest absolute Gasteiger partial charge is 0.389 e. The van der Waals surface area contributed by atoms with Crippen LogP contribution in [0.3, 0.4) is 0 Å². The minimum Gasteiger partial charge on any atom is -0.481 e. The third-order valence-corrected chi connectivity index (χ3v) is 2.70. The first kappa shape index (κ1) is 14.5. The number of carboxylic acids is 1. The SMILES string of the molecule is Cc1cccc(C(CCCC(F)(F)F)C(=O)O)c1.